The highest BCUT2D eigenvalue weighted by Crippen LogP contribution is 2.27. The van der Waals surface area contributed by atoms with Crippen LogP contribution in [0.15, 0.2) is 17.2 Å². The molecule has 156 valence electrons. The fourth-order valence-electron chi connectivity index (χ4n) is 3.51. The number of nitrogens with one attached hydrogen (secondary N) is 1. The van der Waals surface area contributed by atoms with E-state index in [4.69, 9.17) is 5.73 Å². The van der Waals surface area contributed by atoms with E-state index >= 15 is 0 Å². The first-order chi connectivity index (χ1) is 12.8. The number of piperidine rings is 1. The van der Waals surface area contributed by atoms with Crippen molar-refractivity contribution in [2.75, 3.05) is 19.6 Å². The van der Waals surface area contributed by atoms with Crippen molar-refractivity contribution in [3.05, 3.63) is 18.0 Å². The lowest BCUT2D eigenvalue weighted by atomic mass is 10.1. The Morgan fingerprint density at radius 3 is 2.86 bits per heavy atom. The Kier molecular flexibility index (Phi) is 7.38. The maximum Gasteiger partial charge on any atom is 0.244 e. The molecule has 3 rings (SSSR count). The van der Waals surface area contributed by atoms with Gasteiger partial charge in [-0.2, -0.15) is 9.40 Å². The molecule has 11 heteroatoms. The summed E-state index contributed by atoms with van der Waals surface area (Å²) in [5.74, 6) is -0.158. The van der Waals surface area contributed by atoms with Crippen LogP contribution in [0.25, 0.3) is 11.0 Å². The highest BCUT2D eigenvalue weighted by atomic mass is 35.5. The van der Waals surface area contributed by atoms with Crippen LogP contribution in [0, 0.1) is 6.92 Å². The Bertz CT molecular complexity index is 946. The number of hydrogen-bond donors (Lipinski definition) is 2. The largest absolute Gasteiger partial charge is 0.354 e. The van der Waals surface area contributed by atoms with Crippen LogP contribution in [0.3, 0.4) is 0 Å². The summed E-state index contributed by atoms with van der Waals surface area (Å²) in [7, 11) is -1.93. The van der Waals surface area contributed by atoms with Crippen LogP contribution in [0.5, 0.6) is 0 Å². The van der Waals surface area contributed by atoms with Gasteiger partial charge < -0.3 is 11.1 Å². The predicted molar refractivity (Wildman–Crippen MR) is 109 cm³/mol. The van der Waals surface area contributed by atoms with E-state index in [1.54, 1.807) is 17.8 Å². The highest BCUT2D eigenvalue weighted by molar-refractivity contribution is 7.89. The molecule has 0 aromatic carbocycles. The standard InChI is InChI=1S/C17H26N6O3S.ClH/c1-12-15-9-14(11-20-17(15)22(2)21-12)27(25,26)23-8-4-3-5-13(23)10-19-16(24)6-7-18;/h9,11,13H,3-8,10,18H2,1-2H3,(H,19,24);1H. The topological polar surface area (TPSA) is 123 Å². The lowest BCUT2D eigenvalue weighted by molar-refractivity contribution is -0.121. The molecule has 0 bridgehead atoms. The molecular formula is C17H27ClN6O3S. The van der Waals surface area contributed by atoms with Gasteiger partial charge in [0.2, 0.25) is 15.9 Å². The molecule has 0 spiro atoms. The predicted octanol–water partition coefficient (Wildman–Crippen LogP) is 0.707. The van der Waals surface area contributed by atoms with E-state index < -0.39 is 10.0 Å². The maximum atomic E-state index is 13.3. The van der Waals surface area contributed by atoms with Crippen molar-refractivity contribution < 1.29 is 13.2 Å². The summed E-state index contributed by atoms with van der Waals surface area (Å²) in [6, 6.07) is 1.37. The Morgan fingerprint density at radius 2 is 2.14 bits per heavy atom. The molecule has 1 unspecified atom stereocenters. The Balaban J connectivity index is 0.00000280. The molecule has 1 fully saturated rings. The SMILES string of the molecule is Cc1nn(C)c2ncc(S(=O)(=O)N3CCCCC3CNC(=O)CCN)cc12.Cl. The summed E-state index contributed by atoms with van der Waals surface area (Å²) in [6.45, 7) is 2.83. The number of amides is 1. The number of aromatic nitrogens is 3. The van der Waals surface area contributed by atoms with Crippen LogP contribution >= 0.6 is 12.4 Å². The van der Waals surface area contributed by atoms with E-state index in [0.29, 0.717) is 25.2 Å². The molecule has 3 heterocycles. The summed E-state index contributed by atoms with van der Waals surface area (Å²) < 4.78 is 29.6. The number of carbonyl (C=O) groups is 1. The van der Waals surface area contributed by atoms with Crippen LogP contribution in [0.4, 0.5) is 0 Å². The number of nitrogens with two attached hydrogens (primary N) is 1. The van der Waals surface area contributed by atoms with Gasteiger partial charge in [0.05, 0.1) is 5.69 Å². The van der Waals surface area contributed by atoms with Gasteiger partial charge in [-0.05, 0) is 25.8 Å². The zero-order chi connectivity index (χ0) is 19.6. The number of pyridine rings is 1. The van der Waals surface area contributed by atoms with Gasteiger partial charge in [-0.25, -0.2) is 13.4 Å². The van der Waals surface area contributed by atoms with Crippen molar-refractivity contribution >= 4 is 39.4 Å². The van der Waals surface area contributed by atoms with E-state index in [0.717, 1.165) is 23.9 Å². The normalized spacial score (nSPS) is 18.0. The summed E-state index contributed by atoms with van der Waals surface area (Å²) in [4.78, 5) is 16.2. The number of sulfonamides is 1. The van der Waals surface area contributed by atoms with Gasteiger partial charge in [-0.1, -0.05) is 6.42 Å². The first-order valence-electron chi connectivity index (χ1n) is 9.12. The fourth-order valence-corrected chi connectivity index (χ4v) is 5.18. The van der Waals surface area contributed by atoms with Gasteiger partial charge in [-0.15, -0.1) is 12.4 Å². The van der Waals surface area contributed by atoms with Gasteiger partial charge >= 0.3 is 0 Å². The lowest BCUT2D eigenvalue weighted by Gasteiger charge is -2.34. The van der Waals surface area contributed by atoms with Crippen molar-refractivity contribution in [2.24, 2.45) is 12.8 Å². The molecule has 9 nitrogen and oxygen atoms in total. The second-order valence-corrected chi connectivity index (χ2v) is 8.75. The average Bonchev–Trinajstić information content (AvgIpc) is 2.94. The number of carbonyl (C=O) groups excluding carboxylic acids is 1. The average molecular weight is 431 g/mol. The minimum atomic E-state index is -3.71. The van der Waals surface area contributed by atoms with E-state index in [2.05, 4.69) is 15.4 Å². The second kappa shape index (κ2) is 9.17. The first-order valence-corrected chi connectivity index (χ1v) is 10.6. The van der Waals surface area contributed by atoms with Crippen molar-refractivity contribution in [2.45, 2.75) is 43.5 Å². The fraction of sp³-hybridized carbons (Fsp3) is 0.588. The van der Waals surface area contributed by atoms with Crippen molar-refractivity contribution in [3.8, 4) is 0 Å². The van der Waals surface area contributed by atoms with Crippen LogP contribution in [-0.2, 0) is 21.9 Å². The van der Waals surface area contributed by atoms with Crippen molar-refractivity contribution in [1.29, 1.82) is 0 Å². The summed E-state index contributed by atoms with van der Waals surface area (Å²) >= 11 is 0. The van der Waals surface area contributed by atoms with Gasteiger partial charge in [-0.3, -0.25) is 9.48 Å². The first kappa shape index (κ1) is 22.5. The molecule has 0 aliphatic carbocycles. The van der Waals surface area contributed by atoms with E-state index in [1.165, 1.54) is 10.5 Å². The molecule has 1 atom stereocenters. The smallest absolute Gasteiger partial charge is 0.244 e. The van der Waals surface area contributed by atoms with Crippen LogP contribution < -0.4 is 11.1 Å². The molecule has 0 radical (unpaired) electrons. The molecule has 2 aromatic heterocycles. The van der Waals surface area contributed by atoms with E-state index in [9.17, 15) is 13.2 Å². The minimum absolute atomic E-state index is 0. The van der Waals surface area contributed by atoms with Crippen LogP contribution in [0.2, 0.25) is 0 Å². The quantitative estimate of drug-likeness (QED) is 0.695. The maximum absolute atomic E-state index is 13.3. The third-order valence-electron chi connectivity index (χ3n) is 4.92. The third kappa shape index (κ3) is 4.45. The lowest BCUT2D eigenvalue weighted by Crippen LogP contribution is -2.49. The summed E-state index contributed by atoms with van der Waals surface area (Å²) in [5.41, 5.74) is 6.78. The Hall–Kier alpha value is -1.75. The van der Waals surface area contributed by atoms with Gasteiger partial charge in [0.1, 0.15) is 4.90 Å². The summed E-state index contributed by atoms with van der Waals surface area (Å²) in [5, 5.41) is 7.82. The molecule has 3 N–H and O–H groups in total. The number of fused-ring (bicyclic) bond motifs is 1. The van der Waals surface area contributed by atoms with Gasteiger partial charge in [0.25, 0.3) is 0 Å². The Morgan fingerprint density at radius 1 is 1.39 bits per heavy atom. The van der Waals surface area contributed by atoms with Gasteiger partial charge in [0.15, 0.2) is 5.65 Å². The molecule has 0 saturated carbocycles. The number of aryl methyl sites for hydroxylation is 2. The van der Waals surface area contributed by atoms with Crippen LogP contribution in [0.1, 0.15) is 31.4 Å². The molecule has 1 aliphatic heterocycles. The number of hydrogen-bond acceptors (Lipinski definition) is 6. The van der Waals surface area contributed by atoms with Gasteiger partial charge in [0, 0.05) is 50.7 Å². The minimum Gasteiger partial charge on any atom is -0.354 e. The van der Waals surface area contributed by atoms with E-state index in [1.807, 2.05) is 6.92 Å². The zero-order valence-electron chi connectivity index (χ0n) is 16.1. The highest BCUT2D eigenvalue weighted by Gasteiger charge is 2.34. The number of rotatable bonds is 6. The van der Waals surface area contributed by atoms with Crippen molar-refractivity contribution in [3.63, 3.8) is 0 Å². The third-order valence-corrected chi connectivity index (χ3v) is 6.84. The summed E-state index contributed by atoms with van der Waals surface area (Å²) in [6.07, 6.45) is 4.07. The molecule has 2 aromatic rings. The zero-order valence-corrected chi connectivity index (χ0v) is 17.7. The monoisotopic (exact) mass is 430 g/mol. The van der Waals surface area contributed by atoms with E-state index in [-0.39, 0.29) is 42.2 Å². The molecule has 1 aliphatic rings. The number of nitrogens with zero attached hydrogens (tertiary/aromatic N) is 4. The van der Waals surface area contributed by atoms with Crippen molar-refractivity contribution in [1.82, 2.24) is 24.4 Å². The molecule has 1 amide bonds. The Labute approximate surface area is 171 Å². The second-order valence-electron chi connectivity index (χ2n) is 6.86. The molecular weight excluding hydrogens is 404 g/mol. The molecule has 28 heavy (non-hydrogen) atoms. The number of halogens is 1. The van der Waals surface area contributed by atoms with Crippen LogP contribution in [-0.4, -0.2) is 59.1 Å². The molecule has 1 saturated heterocycles.